The van der Waals surface area contributed by atoms with Gasteiger partial charge in [0.2, 0.25) is 0 Å². The maximum atomic E-state index is 11.5. The average Bonchev–Trinajstić information content (AvgIpc) is 2.75. The second-order valence-corrected chi connectivity index (χ2v) is 5.12. The van der Waals surface area contributed by atoms with Gasteiger partial charge in [-0.2, -0.15) is 0 Å². The van der Waals surface area contributed by atoms with Crippen molar-refractivity contribution >= 4 is 17.3 Å². The van der Waals surface area contributed by atoms with Crippen molar-refractivity contribution in [3.8, 4) is 0 Å². The van der Waals surface area contributed by atoms with Crippen LogP contribution < -0.4 is 5.32 Å². The molecule has 1 heterocycles. The number of methoxy groups -OCH3 is 1. The molecule has 0 fully saturated rings. The van der Waals surface area contributed by atoms with E-state index in [9.17, 15) is 4.79 Å². The van der Waals surface area contributed by atoms with Crippen LogP contribution in [0.25, 0.3) is 0 Å². The minimum absolute atomic E-state index is 0.0648. The van der Waals surface area contributed by atoms with Crippen LogP contribution in [-0.2, 0) is 16.1 Å². The van der Waals surface area contributed by atoms with E-state index < -0.39 is 0 Å². The molecule has 0 aliphatic carbocycles. The van der Waals surface area contributed by atoms with Crippen molar-refractivity contribution in [3.05, 3.63) is 22.4 Å². The van der Waals surface area contributed by atoms with Crippen LogP contribution in [0.2, 0.25) is 0 Å². The largest absolute Gasteiger partial charge is 0.469 e. The molecule has 1 atom stereocenters. The molecule has 0 spiro atoms. The first kappa shape index (κ1) is 13.2. The number of hydrogen-bond donors (Lipinski definition) is 1. The van der Waals surface area contributed by atoms with Crippen LogP contribution in [0, 0.1) is 11.8 Å². The average molecular weight is 241 g/mol. The van der Waals surface area contributed by atoms with Gasteiger partial charge in [0.1, 0.15) is 0 Å². The fraction of sp³-hybridized carbons (Fsp3) is 0.583. The van der Waals surface area contributed by atoms with Crippen molar-refractivity contribution in [1.29, 1.82) is 0 Å². The molecule has 1 aromatic rings. The lowest BCUT2D eigenvalue weighted by Gasteiger charge is -2.18. The number of esters is 1. The van der Waals surface area contributed by atoms with Gasteiger partial charge >= 0.3 is 5.97 Å². The van der Waals surface area contributed by atoms with Gasteiger partial charge < -0.3 is 10.1 Å². The lowest BCUT2D eigenvalue weighted by molar-refractivity contribution is -0.146. The highest BCUT2D eigenvalue weighted by Crippen LogP contribution is 2.12. The topological polar surface area (TPSA) is 38.3 Å². The summed E-state index contributed by atoms with van der Waals surface area (Å²) in [6, 6.07) is 4.11. The summed E-state index contributed by atoms with van der Waals surface area (Å²) in [7, 11) is 1.44. The van der Waals surface area contributed by atoms with Gasteiger partial charge in [-0.05, 0) is 17.4 Å². The Kier molecular flexibility index (Phi) is 5.49. The molecule has 1 unspecified atom stereocenters. The monoisotopic (exact) mass is 241 g/mol. The van der Waals surface area contributed by atoms with Crippen molar-refractivity contribution in [2.45, 2.75) is 20.4 Å². The van der Waals surface area contributed by atoms with Gasteiger partial charge in [-0.15, -0.1) is 11.3 Å². The van der Waals surface area contributed by atoms with Crippen LogP contribution in [0.3, 0.4) is 0 Å². The molecule has 16 heavy (non-hydrogen) atoms. The van der Waals surface area contributed by atoms with E-state index in [1.165, 1.54) is 12.0 Å². The van der Waals surface area contributed by atoms with E-state index >= 15 is 0 Å². The highest BCUT2D eigenvalue weighted by atomic mass is 32.1. The molecule has 0 amide bonds. The first-order valence-electron chi connectivity index (χ1n) is 5.46. The van der Waals surface area contributed by atoms with E-state index in [1.54, 1.807) is 11.3 Å². The Morgan fingerprint density at radius 1 is 1.56 bits per heavy atom. The van der Waals surface area contributed by atoms with Crippen LogP contribution in [0.5, 0.6) is 0 Å². The third-order valence-electron chi connectivity index (χ3n) is 2.55. The maximum Gasteiger partial charge on any atom is 0.310 e. The van der Waals surface area contributed by atoms with E-state index in [1.807, 2.05) is 19.9 Å². The van der Waals surface area contributed by atoms with Gasteiger partial charge in [0.25, 0.3) is 0 Å². The second-order valence-electron chi connectivity index (χ2n) is 4.08. The zero-order chi connectivity index (χ0) is 12.0. The molecule has 0 aliphatic rings. The predicted octanol–water partition coefficient (Wildman–Crippen LogP) is 2.28. The van der Waals surface area contributed by atoms with Crippen LogP contribution in [0.1, 0.15) is 18.7 Å². The molecule has 1 rings (SSSR count). The number of carbonyl (C=O) groups excluding carboxylic acids is 1. The Hall–Kier alpha value is -0.870. The van der Waals surface area contributed by atoms with E-state index in [-0.39, 0.29) is 11.9 Å². The number of thiophene rings is 1. The number of carbonyl (C=O) groups is 1. The first-order chi connectivity index (χ1) is 7.65. The number of rotatable bonds is 6. The summed E-state index contributed by atoms with van der Waals surface area (Å²) in [6.45, 7) is 5.56. The summed E-state index contributed by atoms with van der Waals surface area (Å²) in [6.07, 6.45) is 0. The Bertz CT molecular complexity index is 309. The van der Waals surface area contributed by atoms with Gasteiger partial charge in [0.15, 0.2) is 0 Å². The fourth-order valence-electron chi connectivity index (χ4n) is 1.51. The minimum Gasteiger partial charge on any atom is -0.469 e. The zero-order valence-electron chi connectivity index (χ0n) is 10.0. The summed E-state index contributed by atoms with van der Waals surface area (Å²) in [5.41, 5.74) is 0. The van der Waals surface area contributed by atoms with Crippen LogP contribution in [-0.4, -0.2) is 19.6 Å². The number of ether oxygens (including phenoxy) is 1. The van der Waals surface area contributed by atoms with Crippen molar-refractivity contribution in [1.82, 2.24) is 5.32 Å². The molecular weight excluding hydrogens is 222 g/mol. The molecule has 1 aromatic heterocycles. The van der Waals surface area contributed by atoms with E-state index in [4.69, 9.17) is 4.74 Å². The molecule has 3 nitrogen and oxygen atoms in total. The van der Waals surface area contributed by atoms with Gasteiger partial charge in [-0.25, -0.2) is 0 Å². The second kappa shape index (κ2) is 6.66. The van der Waals surface area contributed by atoms with Gasteiger partial charge in [-0.1, -0.05) is 19.9 Å². The molecule has 0 saturated heterocycles. The molecule has 0 aliphatic heterocycles. The normalized spacial score (nSPS) is 12.8. The highest BCUT2D eigenvalue weighted by Gasteiger charge is 2.22. The number of nitrogens with one attached hydrogen (secondary N) is 1. The Balaban J connectivity index is 2.36. The fourth-order valence-corrected chi connectivity index (χ4v) is 2.18. The molecule has 1 N–H and O–H groups in total. The van der Waals surface area contributed by atoms with E-state index in [0.29, 0.717) is 12.5 Å². The molecule has 90 valence electrons. The quantitative estimate of drug-likeness (QED) is 0.777. The third kappa shape index (κ3) is 3.94. The number of hydrogen-bond acceptors (Lipinski definition) is 4. The van der Waals surface area contributed by atoms with Crippen molar-refractivity contribution < 1.29 is 9.53 Å². The Morgan fingerprint density at radius 2 is 2.31 bits per heavy atom. The molecule has 4 heteroatoms. The summed E-state index contributed by atoms with van der Waals surface area (Å²) >= 11 is 1.72. The maximum absolute atomic E-state index is 11.5. The van der Waals surface area contributed by atoms with Crippen LogP contribution >= 0.6 is 11.3 Å². The molecule has 0 radical (unpaired) electrons. The van der Waals surface area contributed by atoms with Gasteiger partial charge in [-0.3, -0.25) is 4.79 Å². The summed E-state index contributed by atoms with van der Waals surface area (Å²) in [4.78, 5) is 12.8. The van der Waals surface area contributed by atoms with Crippen molar-refractivity contribution in [2.24, 2.45) is 11.8 Å². The lowest BCUT2D eigenvalue weighted by atomic mass is 9.96. The summed E-state index contributed by atoms with van der Waals surface area (Å²) in [5.74, 6) is 0.0990. The van der Waals surface area contributed by atoms with E-state index in [0.717, 1.165) is 6.54 Å². The lowest BCUT2D eigenvalue weighted by Crippen LogP contribution is -2.32. The molecule has 0 bridgehead atoms. The summed E-state index contributed by atoms with van der Waals surface area (Å²) in [5, 5.41) is 5.35. The molecule has 0 saturated carbocycles. The Labute approximate surface area is 101 Å². The third-order valence-corrected chi connectivity index (χ3v) is 3.43. The molecule has 0 aromatic carbocycles. The first-order valence-corrected chi connectivity index (χ1v) is 6.34. The van der Waals surface area contributed by atoms with Gasteiger partial charge in [0.05, 0.1) is 13.0 Å². The highest BCUT2D eigenvalue weighted by molar-refractivity contribution is 7.09. The smallest absolute Gasteiger partial charge is 0.310 e. The van der Waals surface area contributed by atoms with Crippen molar-refractivity contribution in [3.63, 3.8) is 0 Å². The zero-order valence-corrected chi connectivity index (χ0v) is 10.8. The van der Waals surface area contributed by atoms with Crippen LogP contribution in [0.4, 0.5) is 0 Å². The molecular formula is C12H19NO2S. The summed E-state index contributed by atoms with van der Waals surface area (Å²) < 4.78 is 4.79. The predicted molar refractivity (Wildman–Crippen MR) is 66.4 cm³/mol. The van der Waals surface area contributed by atoms with Crippen LogP contribution in [0.15, 0.2) is 17.5 Å². The van der Waals surface area contributed by atoms with Gasteiger partial charge in [0, 0.05) is 18.0 Å². The van der Waals surface area contributed by atoms with Crippen molar-refractivity contribution in [2.75, 3.05) is 13.7 Å². The Morgan fingerprint density at radius 3 is 2.81 bits per heavy atom. The SMILES string of the molecule is COC(=O)C(CNCc1cccs1)C(C)C. The minimum atomic E-state index is -0.131. The standard InChI is InChI=1S/C12H19NO2S/c1-9(2)11(12(14)15-3)8-13-7-10-5-4-6-16-10/h4-6,9,11,13H,7-8H2,1-3H3. The van der Waals surface area contributed by atoms with E-state index in [2.05, 4.69) is 16.8 Å².